The van der Waals surface area contributed by atoms with E-state index < -0.39 is 78.4 Å². The summed E-state index contributed by atoms with van der Waals surface area (Å²) in [5, 5.41) is 26.6. The van der Waals surface area contributed by atoms with Crippen molar-refractivity contribution >= 4 is 53.7 Å². The van der Waals surface area contributed by atoms with Crippen molar-refractivity contribution < 1.29 is 130 Å². The number of aliphatic hydroxyl groups is 3. The van der Waals surface area contributed by atoms with E-state index >= 15 is 0 Å². The topological polar surface area (TPSA) is 353 Å². The van der Waals surface area contributed by atoms with Crippen LogP contribution in [0.5, 0.6) is 11.5 Å². The minimum atomic E-state index is -0.803. The molecule has 7 aromatic carbocycles. The maximum Gasteiger partial charge on any atom is 0.338 e. The second-order valence-corrected chi connectivity index (χ2v) is 25.2. The molecule has 7 aromatic rings. The number of hydrogen-bond acceptors (Lipinski definition) is 27. The van der Waals surface area contributed by atoms with Crippen molar-refractivity contribution in [1.29, 1.82) is 0 Å². The molecule has 0 radical (unpaired) electrons. The number of carbonyl (C=O) groups excluding carboxylic acids is 9. The molecule has 0 bridgehead atoms. The van der Waals surface area contributed by atoms with Gasteiger partial charge in [-0.1, -0.05) is 203 Å². The molecule has 8 unspecified atom stereocenters. The fraction of sp³-hybridized carbons (Fsp3) is 0.309. The first-order chi connectivity index (χ1) is 59.6. The van der Waals surface area contributed by atoms with Crippen LogP contribution in [0.4, 0.5) is 0 Å². The van der Waals surface area contributed by atoms with Crippen molar-refractivity contribution in [3.8, 4) is 11.5 Å². The second kappa shape index (κ2) is 71.7. The van der Waals surface area contributed by atoms with E-state index in [1.165, 1.54) is 69.7 Å². The Labute approximate surface area is 728 Å². The fourth-order valence-electron chi connectivity index (χ4n) is 8.37. The van der Waals surface area contributed by atoms with Crippen molar-refractivity contribution in [2.75, 3.05) is 67.1 Å². The number of carbonyl (C=O) groups is 9. The van der Waals surface area contributed by atoms with E-state index in [1.54, 1.807) is 113 Å². The average molecular weight is 1720 g/mol. The van der Waals surface area contributed by atoms with Gasteiger partial charge in [0.1, 0.15) is 69.5 Å². The molecule has 0 heterocycles. The third-order valence-electron chi connectivity index (χ3n) is 15.2. The summed E-state index contributed by atoms with van der Waals surface area (Å²) in [4.78, 5) is 97.6. The van der Waals surface area contributed by atoms with Crippen molar-refractivity contribution in [2.45, 2.75) is 130 Å². The Morgan fingerprint density at radius 1 is 0.290 bits per heavy atom. The Kier molecular flexibility index (Phi) is 64.2. The molecule has 670 valence electrons. The molecule has 0 aliphatic heterocycles. The van der Waals surface area contributed by atoms with Gasteiger partial charge in [-0.2, -0.15) is 0 Å². The number of ether oxygens (including phenoxy) is 15. The Balaban J connectivity index is 0.00000143. The summed E-state index contributed by atoms with van der Waals surface area (Å²) in [5.74, 6) is -1.99. The maximum absolute atomic E-state index is 11.9. The van der Waals surface area contributed by atoms with Crippen LogP contribution in [0.1, 0.15) is 108 Å². The Morgan fingerprint density at radius 3 is 0.903 bits per heavy atom. The van der Waals surface area contributed by atoms with E-state index in [0.717, 1.165) is 28.2 Å². The molecule has 8 atom stereocenters. The lowest BCUT2D eigenvalue weighted by molar-refractivity contribution is -0.154. The first kappa shape index (κ1) is 111. The Hall–Kier alpha value is -13.0. The van der Waals surface area contributed by atoms with Gasteiger partial charge >= 0.3 is 53.7 Å². The highest BCUT2D eigenvalue weighted by Crippen LogP contribution is 2.16. The van der Waals surface area contributed by atoms with Gasteiger partial charge in [0.2, 0.25) is 0 Å². The van der Waals surface area contributed by atoms with Gasteiger partial charge in [0.15, 0.2) is 18.3 Å². The number of aliphatic hydroxyl groups excluding tert-OH is 3. The predicted octanol–water partition coefficient (Wildman–Crippen LogP) is 14.9. The van der Waals surface area contributed by atoms with Crippen molar-refractivity contribution in [1.82, 2.24) is 0 Å². The minimum Gasteiger partial charge on any atom is -0.497 e. The minimum absolute atomic E-state index is 0.00116. The van der Waals surface area contributed by atoms with Gasteiger partial charge in [0, 0.05) is 40.5 Å². The summed E-state index contributed by atoms with van der Waals surface area (Å²) in [6.45, 7) is 39.7. The third-order valence-corrected chi connectivity index (χ3v) is 15.2. The van der Waals surface area contributed by atoms with Gasteiger partial charge in [-0.05, 0) is 101 Å². The van der Waals surface area contributed by atoms with Crippen LogP contribution in [0, 0.1) is 0 Å². The molecule has 0 saturated carbocycles. The normalized spacial score (nSPS) is 11.7. The summed E-state index contributed by atoms with van der Waals surface area (Å²) >= 11 is 0. The van der Waals surface area contributed by atoms with E-state index in [4.69, 9.17) is 67.4 Å². The molecular formula is C97H120O27. The highest BCUT2D eigenvalue weighted by atomic mass is 16.6. The van der Waals surface area contributed by atoms with Crippen LogP contribution in [0.2, 0.25) is 0 Å². The van der Waals surface area contributed by atoms with Crippen LogP contribution in [0.15, 0.2) is 301 Å². The lowest BCUT2D eigenvalue weighted by Crippen LogP contribution is -2.23. The molecule has 0 saturated heterocycles. The van der Waals surface area contributed by atoms with Gasteiger partial charge in [-0.15, -0.1) is 32.9 Å². The lowest BCUT2D eigenvalue weighted by atomic mass is 10.2. The maximum atomic E-state index is 11.9. The average Bonchev–Trinajstić information content (AvgIpc) is 0.881. The van der Waals surface area contributed by atoms with Crippen LogP contribution >= 0.6 is 0 Å². The largest absolute Gasteiger partial charge is 0.497 e. The molecule has 124 heavy (non-hydrogen) atoms. The van der Waals surface area contributed by atoms with E-state index in [0.29, 0.717) is 69.2 Å². The van der Waals surface area contributed by atoms with Crippen molar-refractivity contribution in [3.63, 3.8) is 0 Å². The second-order valence-electron chi connectivity index (χ2n) is 25.2. The van der Waals surface area contributed by atoms with Gasteiger partial charge in [0.05, 0.1) is 82.8 Å². The molecule has 0 fully saturated rings. The smallest absolute Gasteiger partial charge is 0.338 e. The van der Waals surface area contributed by atoms with Gasteiger partial charge in [-0.3, -0.25) is 28.8 Å². The van der Waals surface area contributed by atoms with Crippen LogP contribution in [0.3, 0.4) is 0 Å². The molecule has 27 heteroatoms. The zero-order valence-corrected chi connectivity index (χ0v) is 72.0. The molecular weight excluding hydrogens is 1600 g/mol. The highest BCUT2D eigenvalue weighted by Gasteiger charge is 2.18. The van der Waals surface area contributed by atoms with Crippen molar-refractivity contribution in [3.05, 3.63) is 340 Å². The summed E-state index contributed by atoms with van der Waals surface area (Å²) in [6.07, 6.45) is 8.09. The van der Waals surface area contributed by atoms with Crippen LogP contribution in [-0.2, 0) is 117 Å². The van der Waals surface area contributed by atoms with Gasteiger partial charge in [0.25, 0.3) is 0 Å². The Bertz CT molecular complexity index is 4160. The first-order valence-corrected chi connectivity index (χ1v) is 39.0. The van der Waals surface area contributed by atoms with Gasteiger partial charge in [-0.25, -0.2) is 14.4 Å². The molecule has 3 N–H and O–H groups in total. The highest BCUT2D eigenvalue weighted by molar-refractivity contribution is 5.90. The van der Waals surface area contributed by atoms with E-state index in [9.17, 15) is 43.2 Å². The number of rotatable bonds is 44. The molecule has 0 amide bonds. The molecule has 7 rings (SSSR count). The van der Waals surface area contributed by atoms with Crippen molar-refractivity contribution in [2.24, 2.45) is 0 Å². The number of benzene rings is 7. The Morgan fingerprint density at radius 2 is 0.573 bits per heavy atom. The molecule has 0 aliphatic carbocycles. The van der Waals surface area contributed by atoms with Crippen LogP contribution < -0.4 is 9.47 Å². The zero-order chi connectivity index (χ0) is 92.5. The molecule has 0 aliphatic rings. The van der Waals surface area contributed by atoms with Gasteiger partial charge < -0.3 is 86.4 Å². The number of methoxy groups -OCH3 is 2. The number of esters is 9. The fourth-order valence-corrected chi connectivity index (χ4v) is 8.37. The van der Waals surface area contributed by atoms with Crippen LogP contribution in [0.25, 0.3) is 0 Å². The number of hydrogen-bond donors (Lipinski definition) is 3. The monoisotopic (exact) mass is 1720 g/mol. The van der Waals surface area contributed by atoms with E-state index in [2.05, 4.69) is 71.6 Å². The quantitative estimate of drug-likeness (QED) is 0.0181. The zero-order valence-electron chi connectivity index (χ0n) is 72.0. The molecule has 0 spiro atoms. The summed E-state index contributed by atoms with van der Waals surface area (Å²) in [6, 6.07) is 61.7. The summed E-state index contributed by atoms with van der Waals surface area (Å²) < 4.78 is 76.3. The third kappa shape index (κ3) is 58.8. The molecule has 0 aromatic heterocycles. The SMILES string of the molecule is C=CC(COC(=O)c1ccccc1)OC(=O)c1ccccc1.C=CC(COC(C)=O)OC(=O)CC.C=CC(COC(C)=O)OC(C)=O.C=CC(COCc1ccc(OC)cc1)OCc1ccc(OC)cc1.C=CC(COCc1ccccc1)OCc1ccccc1.C=CC(O)COC(=O)CC.C=CC(O)COC(=O)c1ccccc1.C=CC(O)COC(C)=O. The van der Waals surface area contributed by atoms with E-state index in [1.807, 2.05) is 127 Å². The standard InChI is InChI=1S/C20H24O4.C18H16O4.C18H20O2.C11H12O3.C9H14O4.C8H12O4.C7H12O3.C6H10O3/c1-4-18(24-14-17-7-11-20(22-3)12-8-17)15-23-13-16-5-9-19(21-2)10-6-16;1-2-16(22-18(20)15-11-7-4-8-12-15)13-21-17(19)14-9-5-3-6-10-14;1-2-18(20-14-17-11-7-4-8-12-17)15-19-13-16-9-5-3-6-10-16;1-2-10(12)8-14-11(13)9-6-4-3-5-7-9;1-4-8(6-12-7(3)10)13-9(11)5-2;1-4-8(12-7(3)10)5-11-6(2)9;1-3-6(8)5-10-7(9)4-2;1-3-6(8)4-9-5(2)7/h4-12,18H,1,13-15H2,2-3H3;2-12,16H,1,13H2;2-12,18H,1,13-15H2;2-7,10,12H,1,8H2;4,8H,1,5-6H2,2-3H3;4,8H,1,5H2,2-3H3;3,6,8H,1,4-5H2,2H3;3,6,8H,1,4H2,2H3. The summed E-state index contributed by atoms with van der Waals surface area (Å²) in [5.41, 5.74) is 5.85. The van der Waals surface area contributed by atoms with Crippen LogP contribution in [-0.4, -0.2) is 185 Å². The summed E-state index contributed by atoms with van der Waals surface area (Å²) in [7, 11) is 3.31. The first-order valence-electron chi connectivity index (χ1n) is 39.0. The predicted molar refractivity (Wildman–Crippen MR) is 471 cm³/mol. The van der Waals surface area contributed by atoms with E-state index in [-0.39, 0.29) is 63.8 Å². The molecule has 27 nitrogen and oxygen atoms in total. The lowest BCUT2D eigenvalue weighted by Gasteiger charge is -2.15.